The predicted octanol–water partition coefficient (Wildman–Crippen LogP) is 2.67. The van der Waals surface area contributed by atoms with Gasteiger partial charge in [-0.05, 0) is 23.6 Å². The first-order chi connectivity index (χ1) is 7.96. The van der Waals surface area contributed by atoms with Crippen molar-refractivity contribution in [3.8, 4) is 0 Å². The van der Waals surface area contributed by atoms with E-state index in [1.807, 2.05) is 18.2 Å². The molecule has 17 heavy (non-hydrogen) atoms. The monoisotopic (exact) mass is 230 g/mol. The molecule has 0 fully saturated rings. The summed E-state index contributed by atoms with van der Waals surface area (Å²) in [4.78, 5) is 8.49. The van der Waals surface area contributed by atoms with Crippen molar-refractivity contribution in [1.29, 1.82) is 0 Å². The Hall–Kier alpha value is -1.84. The van der Waals surface area contributed by atoms with E-state index >= 15 is 0 Å². The predicted molar refractivity (Wildman–Crippen MR) is 71.9 cm³/mol. The molecule has 1 aromatic carbocycles. The average molecular weight is 230 g/mol. The third-order valence-corrected chi connectivity index (χ3v) is 2.45. The van der Waals surface area contributed by atoms with Gasteiger partial charge >= 0.3 is 0 Å². The molecule has 0 amide bonds. The van der Waals surface area contributed by atoms with Crippen molar-refractivity contribution in [3.63, 3.8) is 0 Å². The molecule has 2 rings (SSSR count). The smallest absolute Gasteiger partial charge is 0.137 e. The molecular formula is C13H18N4. The molecule has 0 atom stereocenters. The number of hydrogen-bond donors (Lipinski definition) is 2. The summed E-state index contributed by atoms with van der Waals surface area (Å²) in [7, 11) is 0. The maximum atomic E-state index is 5.74. The molecule has 4 heteroatoms. The Bertz CT molecular complexity index is 528. The van der Waals surface area contributed by atoms with Gasteiger partial charge in [0.1, 0.15) is 12.1 Å². The summed E-state index contributed by atoms with van der Waals surface area (Å²) in [6, 6.07) is 5.68. The Kier molecular flexibility index (Phi) is 2.88. The van der Waals surface area contributed by atoms with Gasteiger partial charge in [-0.15, -0.1) is 0 Å². The third-order valence-electron chi connectivity index (χ3n) is 2.45. The summed E-state index contributed by atoms with van der Waals surface area (Å²) < 4.78 is 0. The van der Waals surface area contributed by atoms with Crippen LogP contribution in [0.25, 0.3) is 10.9 Å². The molecular weight excluding hydrogens is 212 g/mol. The molecule has 1 aromatic heterocycles. The lowest BCUT2D eigenvalue weighted by atomic mass is 9.97. The number of rotatable bonds is 2. The van der Waals surface area contributed by atoms with Gasteiger partial charge in [0.15, 0.2) is 0 Å². The minimum absolute atomic E-state index is 0.213. The van der Waals surface area contributed by atoms with E-state index in [-0.39, 0.29) is 5.41 Å². The molecule has 0 radical (unpaired) electrons. The summed E-state index contributed by atoms with van der Waals surface area (Å²) >= 11 is 0. The van der Waals surface area contributed by atoms with Gasteiger partial charge in [-0.2, -0.15) is 0 Å². The average Bonchev–Trinajstić information content (AvgIpc) is 2.24. The molecule has 0 saturated carbocycles. The maximum Gasteiger partial charge on any atom is 0.137 e. The molecule has 0 aliphatic carbocycles. The van der Waals surface area contributed by atoms with Gasteiger partial charge in [0, 0.05) is 17.6 Å². The highest BCUT2D eigenvalue weighted by Crippen LogP contribution is 2.22. The SMILES string of the molecule is CC(C)(C)CNc1ncnc2cc(N)ccc12. The molecule has 0 aliphatic heterocycles. The van der Waals surface area contributed by atoms with Gasteiger partial charge in [-0.1, -0.05) is 20.8 Å². The van der Waals surface area contributed by atoms with Crippen molar-refractivity contribution < 1.29 is 0 Å². The summed E-state index contributed by atoms with van der Waals surface area (Å²) in [5.74, 6) is 0.866. The molecule has 0 aliphatic rings. The fourth-order valence-corrected chi connectivity index (χ4v) is 1.56. The van der Waals surface area contributed by atoms with Crippen LogP contribution >= 0.6 is 0 Å². The molecule has 4 nitrogen and oxygen atoms in total. The van der Waals surface area contributed by atoms with Gasteiger partial charge in [-0.3, -0.25) is 0 Å². The summed E-state index contributed by atoms with van der Waals surface area (Å²) in [6.07, 6.45) is 1.56. The zero-order valence-electron chi connectivity index (χ0n) is 10.5. The van der Waals surface area contributed by atoms with Crippen molar-refractivity contribution >= 4 is 22.4 Å². The molecule has 0 spiro atoms. The van der Waals surface area contributed by atoms with Crippen LogP contribution in [-0.2, 0) is 0 Å². The minimum atomic E-state index is 0.213. The lowest BCUT2D eigenvalue weighted by molar-refractivity contribution is 0.442. The molecule has 3 N–H and O–H groups in total. The number of nitrogen functional groups attached to an aromatic ring is 1. The Morgan fingerprint density at radius 3 is 2.71 bits per heavy atom. The highest BCUT2D eigenvalue weighted by Gasteiger charge is 2.11. The standard InChI is InChI=1S/C13H18N4/c1-13(2,3)7-15-12-10-5-4-9(14)6-11(10)16-8-17-12/h4-6,8H,7,14H2,1-3H3,(H,15,16,17). The zero-order valence-corrected chi connectivity index (χ0v) is 10.5. The first-order valence-corrected chi connectivity index (χ1v) is 5.70. The van der Waals surface area contributed by atoms with Crippen LogP contribution in [0.3, 0.4) is 0 Å². The van der Waals surface area contributed by atoms with Gasteiger partial charge in [0.05, 0.1) is 5.52 Å². The summed E-state index contributed by atoms with van der Waals surface area (Å²) in [5.41, 5.74) is 7.54. The number of nitrogens with zero attached hydrogens (tertiary/aromatic N) is 2. The summed E-state index contributed by atoms with van der Waals surface area (Å²) in [5, 5.41) is 4.36. The largest absolute Gasteiger partial charge is 0.399 e. The number of aromatic nitrogens is 2. The number of nitrogens with two attached hydrogens (primary N) is 1. The van der Waals surface area contributed by atoms with Gasteiger partial charge in [-0.25, -0.2) is 9.97 Å². The van der Waals surface area contributed by atoms with E-state index in [0.717, 1.165) is 29.0 Å². The minimum Gasteiger partial charge on any atom is -0.399 e. The second-order valence-electron chi connectivity index (χ2n) is 5.41. The van der Waals surface area contributed by atoms with Crippen molar-refractivity contribution in [3.05, 3.63) is 24.5 Å². The number of hydrogen-bond acceptors (Lipinski definition) is 4. The van der Waals surface area contributed by atoms with Gasteiger partial charge < -0.3 is 11.1 Å². The van der Waals surface area contributed by atoms with Crippen LogP contribution in [-0.4, -0.2) is 16.5 Å². The second-order valence-corrected chi connectivity index (χ2v) is 5.41. The van der Waals surface area contributed by atoms with Crippen LogP contribution in [0, 0.1) is 5.41 Å². The molecule has 0 unspecified atom stereocenters. The van der Waals surface area contributed by atoms with Crippen molar-refractivity contribution in [2.75, 3.05) is 17.6 Å². The van der Waals surface area contributed by atoms with E-state index in [4.69, 9.17) is 5.73 Å². The molecule has 1 heterocycles. The quantitative estimate of drug-likeness (QED) is 0.778. The Balaban J connectivity index is 2.34. The fraction of sp³-hybridized carbons (Fsp3) is 0.385. The highest BCUT2D eigenvalue weighted by atomic mass is 15.0. The molecule has 90 valence electrons. The topological polar surface area (TPSA) is 63.8 Å². The third kappa shape index (κ3) is 2.84. The number of benzene rings is 1. The van der Waals surface area contributed by atoms with E-state index in [2.05, 4.69) is 36.1 Å². The number of nitrogens with one attached hydrogen (secondary N) is 1. The fourth-order valence-electron chi connectivity index (χ4n) is 1.56. The van der Waals surface area contributed by atoms with Crippen LogP contribution in [0.15, 0.2) is 24.5 Å². The van der Waals surface area contributed by atoms with E-state index in [9.17, 15) is 0 Å². The van der Waals surface area contributed by atoms with Crippen LogP contribution in [0.4, 0.5) is 11.5 Å². The van der Waals surface area contributed by atoms with Crippen molar-refractivity contribution in [2.24, 2.45) is 5.41 Å². The van der Waals surface area contributed by atoms with Gasteiger partial charge in [0.2, 0.25) is 0 Å². The normalized spacial score (nSPS) is 11.7. The van der Waals surface area contributed by atoms with Gasteiger partial charge in [0.25, 0.3) is 0 Å². The Morgan fingerprint density at radius 2 is 2.00 bits per heavy atom. The van der Waals surface area contributed by atoms with Crippen molar-refractivity contribution in [1.82, 2.24) is 9.97 Å². The van der Waals surface area contributed by atoms with E-state index < -0.39 is 0 Å². The lowest BCUT2D eigenvalue weighted by Gasteiger charge is -2.19. The molecule has 0 saturated heterocycles. The van der Waals surface area contributed by atoms with Crippen molar-refractivity contribution in [2.45, 2.75) is 20.8 Å². The maximum absolute atomic E-state index is 5.74. The van der Waals surface area contributed by atoms with E-state index in [1.54, 1.807) is 6.33 Å². The highest BCUT2D eigenvalue weighted by molar-refractivity contribution is 5.90. The van der Waals surface area contributed by atoms with Crippen LogP contribution in [0.2, 0.25) is 0 Å². The zero-order chi connectivity index (χ0) is 12.5. The second kappa shape index (κ2) is 4.20. The van der Waals surface area contributed by atoms with E-state index in [0.29, 0.717) is 0 Å². The molecule has 0 bridgehead atoms. The Labute approximate surface area is 101 Å². The number of fused-ring (bicyclic) bond motifs is 1. The Morgan fingerprint density at radius 1 is 1.24 bits per heavy atom. The number of anilines is 2. The van der Waals surface area contributed by atoms with Crippen LogP contribution in [0.1, 0.15) is 20.8 Å². The summed E-state index contributed by atoms with van der Waals surface area (Å²) in [6.45, 7) is 7.41. The lowest BCUT2D eigenvalue weighted by Crippen LogP contribution is -2.19. The van der Waals surface area contributed by atoms with E-state index in [1.165, 1.54) is 0 Å². The van der Waals surface area contributed by atoms with Crippen LogP contribution < -0.4 is 11.1 Å². The van der Waals surface area contributed by atoms with Crippen LogP contribution in [0.5, 0.6) is 0 Å². The first-order valence-electron chi connectivity index (χ1n) is 5.70. The molecule has 2 aromatic rings. The first kappa shape index (κ1) is 11.6.